The first kappa shape index (κ1) is 24.8. The van der Waals surface area contributed by atoms with Crippen LogP contribution in [0.15, 0.2) is 28.8 Å². The van der Waals surface area contributed by atoms with Crippen molar-refractivity contribution in [3.05, 3.63) is 35.7 Å². The molecule has 0 saturated carbocycles. The number of hydrogen-bond donors (Lipinski definition) is 0. The molecule has 2 saturated heterocycles. The average Bonchev–Trinajstić information content (AvgIpc) is 3.32. The lowest BCUT2D eigenvalue weighted by molar-refractivity contribution is -0.132. The van der Waals surface area contributed by atoms with Crippen molar-refractivity contribution in [1.82, 2.24) is 28.6 Å². The minimum absolute atomic E-state index is 0.0299. The molecule has 186 valence electrons. The quantitative estimate of drug-likeness (QED) is 0.578. The van der Waals surface area contributed by atoms with Crippen LogP contribution in [0.1, 0.15) is 37.6 Å². The van der Waals surface area contributed by atoms with Gasteiger partial charge in [-0.25, -0.2) is 0 Å². The predicted molar refractivity (Wildman–Crippen MR) is 128 cm³/mol. The van der Waals surface area contributed by atoms with Gasteiger partial charge in [-0.05, 0) is 18.5 Å². The minimum atomic E-state index is -3.48. The summed E-state index contributed by atoms with van der Waals surface area (Å²) in [5.41, 5.74) is 2.12. The highest BCUT2D eigenvalue weighted by Crippen LogP contribution is 2.21. The number of amides is 1. The van der Waals surface area contributed by atoms with Crippen LogP contribution < -0.4 is 0 Å². The van der Waals surface area contributed by atoms with Crippen LogP contribution in [-0.2, 0) is 21.4 Å². The van der Waals surface area contributed by atoms with Crippen molar-refractivity contribution < 1.29 is 17.7 Å². The zero-order chi connectivity index (χ0) is 24.3. The smallest absolute Gasteiger partial charge is 0.282 e. The van der Waals surface area contributed by atoms with E-state index in [1.807, 2.05) is 19.2 Å². The van der Waals surface area contributed by atoms with Gasteiger partial charge in [0, 0.05) is 70.8 Å². The van der Waals surface area contributed by atoms with Gasteiger partial charge in [0.15, 0.2) is 0 Å². The van der Waals surface area contributed by atoms with Gasteiger partial charge in [-0.3, -0.25) is 4.79 Å². The Morgan fingerprint density at radius 2 is 1.56 bits per heavy atom. The number of rotatable bonds is 7. The van der Waals surface area contributed by atoms with Crippen molar-refractivity contribution in [2.24, 2.45) is 0 Å². The van der Waals surface area contributed by atoms with Crippen LogP contribution >= 0.6 is 0 Å². The largest absolute Gasteiger partial charge is 0.340 e. The summed E-state index contributed by atoms with van der Waals surface area (Å²) in [6.45, 7) is 8.19. The Hall–Kier alpha value is -2.34. The molecule has 0 bridgehead atoms. The molecule has 34 heavy (non-hydrogen) atoms. The van der Waals surface area contributed by atoms with Crippen LogP contribution in [0, 0.1) is 0 Å². The van der Waals surface area contributed by atoms with E-state index < -0.39 is 10.2 Å². The summed E-state index contributed by atoms with van der Waals surface area (Å²) in [6, 6.07) is 8.07. The third-order valence-electron chi connectivity index (χ3n) is 6.56. The number of likely N-dealkylation sites (N-methyl/N-ethyl adjacent to an activating group) is 1. The molecule has 2 aliphatic heterocycles. The van der Waals surface area contributed by atoms with Gasteiger partial charge < -0.3 is 14.3 Å². The van der Waals surface area contributed by atoms with E-state index in [9.17, 15) is 13.2 Å². The SMILES string of the molecule is CC(C)c1ccc(-c2noc(CCC(=O)N3CCN(S(=O)(=O)N4CCN(C)CC4)CC3)n2)cc1. The highest BCUT2D eigenvalue weighted by Gasteiger charge is 2.34. The summed E-state index contributed by atoms with van der Waals surface area (Å²) in [6.07, 6.45) is 0.606. The maximum atomic E-state index is 12.9. The van der Waals surface area contributed by atoms with Gasteiger partial charge in [0.1, 0.15) is 0 Å². The maximum absolute atomic E-state index is 12.9. The number of piperazine rings is 2. The average molecular weight is 491 g/mol. The van der Waals surface area contributed by atoms with Crippen molar-refractivity contribution in [2.45, 2.75) is 32.6 Å². The van der Waals surface area contributed by atoms with Crippen LogP contribution in [0.5, 0.6) is 0 Å². The molecule has 0 unspecified atom stereocenters. The zero-order valence-electron chi connectivity index (χ0n) is 20.2. The number of aromatic nitrogens is 2. The van der Waals surface area contributed by atoms with Gasteiger partial charge in [-0.2, -0.15) is 22.0 Å². The number of carbonyl (C=O) groups is 1. The first-order valence-electron chi connectivity index (χ1n) is 11.9. The van der Waals surface area contributed by atoms with Crippen LogP contribution in [0.25, 0.3) is 11.4 Å². The Bertz CT molecular complexity index is 1070. The van der Waals surface area contributed by atoms with Gasteiger partial charge in [0.05, 0.1) is 0 Å². The fourth-order valence-electron chi connectivity index (χ4n) is 4.21. The summed E-state index contributed by atoms with van der Waals surface area (Å²) in [5, 5.41) is 4.05. The van der Waals surface area contributed by atoms with E-state index in [1.165, 1.54) is 9.87 Å². The first-order chi connectivity index (χ1) is 16.2. The van der Waals surface area contributed by atoms with Gasteiger partial charge in [-0.15, -0.1) is 0 Å². The van der Waals surface area contributed by atoms with Crippen molar-refractivity contribution in [2.75, 3.05) is 59.4 Å². The molecule has 0 radical (unpaired) electrons. The van der Waals surface area contributed by atoms with Crippen molar-refractivity contribution in [3.8, 4) is 11.4 Å². The summed E-state index contributed by atoms with van der Waals surface area (Å²) >= 11 is 0. The minimum Gasteiger partial charge on any atom is -0.340 e. The van der Waals surface area contributed by atoms with E-state index in [4.69, 9.17) is 4.52 Å². The molecule has 4 rings (SSSR count). The monoisotopic (exact) mass is 490 g/mol. The Morgan fingerprint density at radius 1 is 0.971 bits per heavy atom. The molecule has 0 spiro atoms. The highest BCUT2D eigenvalue weighted by molar-refractivity contribution is 7.86. The second kappa shape index (κ2) is 10.5. The standard InChI is InChI=1S/C23H34N6O4S/c1-18(2)19-4-6-20(7-5-19)23-24-21(33-25-23)8-9-22(30)27-12-16-29(17-13-27)34(31,32)28-14-10-26(3)11-15-28/h4-7,18H,8-17H2,1-3H3. The van der Waals surface area contributed by atoms with Gasteiger partial charge in [0.25, 0.3) is 10.2 Å². The number of benzene rings is 1. The molecule has 10 nitrogen and oxygen atoms in total. The van der Waals surface area contributed by atoms with E-state index >= 15 is 0 Å². The summed E-state index contributed by atoms with van der Waals surface area (Å²) in [5.74, 6) is 1.36. The molecule has 1 amide bonds. The maximum Gasteiger partial charge on any atom is 0.282 e. The van der Waals surface area contributed by atoms with E-state index in [2.05, 4.69) is 41.0 Å². The normalized spacial score (nSPS) is 19.1. The van der Waals surface area contributed by atoms with Crippen molar-refractivity contribution in [1.29, 1.82) is 0 Å². The number of carbonyl (C=O) groups excluding carboxylic acids is 1. The summed E-state index contributed by atoms with van der Waals surface area (Å²) < 4.78 is 34.2. The molecule has 1 aromatic heterocycles. The van der Waals surface area contributed by atoms with Crippen molar-refractivity contribution in [3.63, 3.8) is 0 Å². The second-order valence-electron chi connectivity index (χ2n) is 9.28. The second-order valence-corrected chi connectivity index (χ2v) is 11.2. The molecule has 3 heterocycles. The Morgan fingerprint density at radius 3 is 2.15 bits per heavy atom. The lowest BCUT2D eigenvalue weighted by Crippen LogP contribution is -2.57. The molecule has 1 aromatic carbocycles. The number of nitrogens with zero attached hydrogens (tertiary/aromatic N) is 6. The zero-order valence-corrected chi connectivity index (χ0v) is 21.0. The molecular formula is C23H34N6O4S. The summed E-state index contributed by atoms with van der Waals surface area (Å²) in [7, 11) is -1.48. The van der Waals surface area contributed by atoms with Gasteiger partial charge >= 0.3 is 0 Å². The first-order valence-corrected chi connectivity index (χ1v) is 13.3. The van der Waals surface area contributed by atoms with Crippen LogP contribution in [0.4, 0.5) is 0 Å². The lowest BCUT2D eigenvalue weighted by Gasteiger charge is -2.39. The fraction of sp³-hybridized carbons (Fsp3) is 0.609. The van der Waals surface area contributed by atoms with Gasteiger partial charge in [-0.1, -0.05) is 43.3 Å². The van der Waals surface area contributed by atoms with Crippen LogP contribution in [0.3, 0.4) is 0 Å². The molecule has 11 heteroatoms. The Kier molecular flexibility index (Phi) is 7.66. The van der Waals surface area contributed by atoms with Gasteiger partial charge in [0.2, 0.25) is 17.6 Å². The van der Waals surface area contributed by atoms with E-state index in [1.54, 1.807) is 9.21 Å². The highest BCUT2D eigenvalue weighted by atomic mass is 32.2. The molecule has 0 aliphatic carbocycles. The van der Waals surface area contributed by atoms with E-state index in [0.717, 1.165) is 18.7 Å². The molecule has 2 aliphatic rings. The van der Waals surface area contributed by atoms with E-state index in [-0.39, 0.29) is 12.3 Å². The van der Waals surface area contributed by atoms with E-state index in [0.29, 0.717) is 63.3 Å². The Balaban J connectivity index is 1.25. The number of hydrogen-bond acceptors (Lipinski definition) is 7. The lowest BCUT2D eigenvalue weighted by atomic mass is 10.0. The fourth-order valence-corrected chi connectivity index (χ4v) is 5.79. The number of aryl methyl sites for hydroxylation is 1. The third-order valence-corrected chi connectivity index (χ3v) is 8.60. The molecule has 0 N–H and O–H groups in total. The molecule has 2 aromatic rings. The third kappa shape index (κ3) is 5.65. The molecule has 0 atom stereocenters. The Labute approximate surface area is 201 Å². The van der Waals surface area contributed by atoms with Crippen LogP contribution in [-0.4, -0.2) is 102 Å². The van der Waals surface area contributed by atoms with Crippen molar-refractivity contribution >= 4 is 16.1 Å². The molecule has 2 fully saturated rings. The predicted octanol–water partition coefficient (Wildman–Crippen LogP) is 1.43. The summed E-state index contributed by atoms with van der Waals surface area (Å²) in [4.78, 5) is 21.0. The molecular weight excluding hydrogens is 456 g/mol. The van der Waals surface area contributed by atoms with Crippen LogP contribution in [0.2, 0.25) is 0 Å². The topological polar surface area (TPSA) is 103 Å².